The SMILES string of the molecule is Cc1ccc(C(=O)CCCCCCc2c(O)cccc2O)cc1. The van der Waals surface area contributed by atoms with Gasteiger partial charge >= 0.3 is 0 Å². The molecule has 0 aromatic heterocycles. The number of hydrogen-bond donors (Lipinski definition) is 2. The molecular formula is C20H24O3. The third-order valence-corrected chi connectivity index (χ3v) is 4.08. The highest BCUT2D eigenvalue weighted by molar-refractivity contribution is 5.96. The first kappa shape index (κ1) is 17.1. The number of hydrogen-bond acceptors (Lipinski definition) is 3. The Kier molecular flexibility index (Phi) is 6.21. The number of carbonyl (C=O) groups excluding carboxylic acids is 1. The highest BCUT2D eigenvalue weighted by Crippen LogP contribution is 2.28. The van der Waals surface area contributed by atoms with Crippen molar-refractivity contribution < 1.29 is 15.0 Å². The number of phenols is 2. The Morgan fingerprint density at radius 3 is 2.13 bits per heavy atom. The predicted molar refractivity (Wildman–Crippen MR) is 92.1 cm³/mol. The van der Waals surface area contributed by atoms with Crippen LogP contribution in [0.25, 0.3) is 0 Å². The van der Waals surface area contributed by atoms with Crippen LogP contribution in [0.1, 0.15) is 53.6 Å². The zero-order valence-electron chi connectivity index (χ0n) is 13.6. The van der Waals surface area contributed by atoms with E-state index in [9.17, 15) is 15.0 Å². The normalized spacial score (nSPS) is 10.7. The van der Waals surface area contributed by atoms with Gasteiger partial charge in [-0.05, 0) is 38.3 Å². The van der Waals surface area contributed by atoms with Gasteiger partial charge in [0.2, 0.25) is 0 Å². The van der Waals surface area contributed by atoms with Crippen molar-refractivity contribution in [2.45, 2.75) is 45.4 Å². The molecule has 0 aliphatic rings. The van der Waals surface area contributed by atoms with E-state index in [2.05, 4.69) is 0 Å². The van der Waals surface area contributed by atoms with Crippen LogP contribution in [-0.2, 0) is 6.42 Å². The van der Waals surface area contributed by atoms with Crippen molar-refractivity contribution in [1.82, 2.24) is 0 Å². The smallest absolute Gasteiger partial charge is 0.162 e. The lowest BCUT2D eigenvalue weighted by Gasteiger charge is -2.07. The van der Waals surface area contributed by atoms with E-state index >= 15 is 0 Å². The van der Waals surface area contributed by atoms with E-state index in [4.69, 9.17) is 0 Å². The van der Waals surface area contributed by atoms with Crippen molar-refractivity contribution in [3.63, 3.8) is 0 Å². The van der Waals surface area contributed by atoms with E-state index in [0.29, 0.717) is 18.4 Å². The molecule has 3 heteroatoms. The Morgan fingerprint density at radius 1 is 0.870 bits per heavy atom. The van der Waals surface area contributed by atoms with Gasteiger partial charge in [0.05, 0.1) is 0 Å². The summed E-state index contributed by atoms with van der Waals surface area (Å²) in [5, 5.41) is 19.4. The highest BCUT2D eigenvalue weighted by Gasteiger charge is 2.07. The molecule has 0 spiro atoms. The summed E-state index contributed by atoms with van der Waals surface area (Å²) in [5.41, 5.74) is 2.56. The van der Waals surface area contributed by atoms with Gasteiger partial charge in [-0.1, -0.05) is 48.7 Å². The first-order chi connectivity index (χ1) is 11.1. The Hall–Kier alpha value is -2.29. The van der Waals surface area contributed by atoms with Gasteiger partial charge in [0.15, 0.2) is 5.78 Å². The van der Waals surface area contributed by atoms with Crippen molar-refractivity contribution >= 4 is 5.78 Å². The van der Waals surface area contributed by atoms with Gasteiger partial charge in [0.25, 0.3) is 0 Å². The number of rotatable bonds is 8. The molecule has 0 saturated heterocycles. The van der Waals surface area contributed by atoms with Crippen LogP contribution in [0.5, 0.6) is 11.5 Å². The molecule has 2 aromatic carbocycles. The van der Waals surface area contributed by atoms with E-state index in [-0.39, 0.29) is 17.3 Å². The Balaban J connectivity index is 1.66. The van der Waals surface area contributed by atoms with Gasteiger partial charge in [-0.3, -0.25) is 4.79 Å². The molecule has 0 saturated carbocycles. The first-order valence-corrected chi connectivity index (χ1v) is 8.17. The molecule has 0 aliphatic heterocycles. The Morgan fingerprint density at radius 2 is 1.48 bits per heavy atom. The van der Waals surface area contributed by atoms with Gasteiger partial charge in [-0.2, -0.15) is 0 Å². The van der Waals surface area contributed by atoms with Gasteiger partial charge in [0.1, 0.15) is 11.5 Å². The number of phenolic OH excluding ortho intramolecular Hbond substituents is 2. The first-order valence-electron chi connectivity index (χ1n) is 8.17. The van der Waals surface area contributed by atoms with Gasteiger partial charge in [-0.25, -0.2) is 0 Å². The molecule has 2 rings (SSSR count). The molecule has 122 valence electrons. The molecule has 2 aromatic rings. The van der Waals surface area contributed by atoms with E-state index in [1.807, 2.05) is 31.2 Å². The lowest BCUT2D eigenvalue weighted by molar-refractivity contribution is 0.0979. The Labute approximate surface area is 137 Å². The average molecular weight is 312 g/mol. The maximum Gasteiger partial charge on any atom is 0.162 e. The lowest BCUT2D eigenvalue weighted by Crippen LogP contribution is -1.98. The quantitative estimate of drug-likeness (QED) is 0.544. The standard InChI is InChI=1S/C20H24O3/c1-15-11-13-16(14-12-15)18(21)8-5-3-2-4-7-17-19(22)9-6-10-20(17)23/h6,9-14,22-23H,2-5,7-8H2,1H3. The number of aromatic hydroxyl groups is 2. The lowest BCUT2D eigenvalue weighted by atomic mass is 10.0. The predicted octanol–water partition coefficient (Wildman–Crippen LogP) is 4.78. The van der Waals surface area contributed by atoms with Gasteiger partial charge in [-0.15, -0.1) is 0 Å². The van der Waals surface area contributed by atoms with Crippen LogP contribution in [0.3, 0.4) is 0 Å². The fourth-order valence-electron chi connectivity index (χ4n) is 2.64. The van der Waals surface area contributed by atoms with Crippen LogP contribution in [0, 0.1) is 6.92 Å². The minimum atomic E-state index is 0.152. The fraction of sp³-hybridized carbons (Fsp3) is 0.350. The van der Waals surface area contributed by atoms with Gasteiger partial charge < -0.3 is 10.2 Å². The van der Waals surface area contributed by atoms with Crippen molar-refractivity contribution in [3.8, 4) is 11.5 Å². The zero-order chi connectivity index (χ0) is 16.7. The number of carbonyl (C=O) groups is 1. The minimum Gasteiger partial charge on any atom is -0.508 e. The summed E-state index contributed by atoms with van der Waals surface area (Å²) in [6.45, 7) is 2.01. The summed E-state index contributed by atoms with van der Waals surface area (Å²) in [6, 6.07) is 12.5. The fourth-order valence-corrected chi connectivity index (χ4v) is 2.64. The molecule has 0 heterocycles. The maximum atomic E-state index is 12.0. The summed E-state index contributed by atoms with van der Waals surface area (Å²) in [7, 11) is 0. The van der Waals surface area contributed by atoms with Crippen LogP contribution in [0.15, 0.2) is 42.5 Å². The molecule has 0 radical (unpaired) electrons. The number of benzene rings is 2. The number of Topliss-reactive ketones (excluding diaryl/α,β-unsaturated/α-hetero) is 1. The van der Waals surface area contributed by atoms with E-state index in [1.54, 1.807) is 18.2 Å². The molecule has 0 unspecified atom stereocenters. The van der Waals surface area contributed by atoms with Gasteiger partial charge in [0, 0.05) is 17.5 Å². The third-order valence-electron chi connectivity index (χ3n) is 4.08. The second kappa shape index (κ2) is 8.37. The molecule has 3 nitrogen and oxygen atoms in total. The summed E-state index contributed by atoms with van der Waals surface area (Å²) in [6.07, 6.45) is 4.96. The molecule has 0 fully saturated rings. The molecular weight excluding hydrogens is 288 g/mol. The van der Waals surface area contributed by atoms with Crippen molar-refractivity contribution in [1.29, 1.82) is 0 Å². The summed E-state index contributed by atoms with van der Waals surface area (Å²) in [4.78, 5) is 12.0. The number of ketones is 1. The van der Waals surface area contributed by atoms with Crippen LogP contribution in [0.2, 0.25) is 0 Å². The molecule has 0 amide bonds. The zero-order valence-corrected chi connectivity index (χ0v) is 13.6. The monoisotopic (exact) mass is 312 g/mol. The maximum absolute atomic E-state index is 12.0. The van der Waals surface area contributed by atoms with Crippen LogP contribution < -0.4 is 0 Å². The summed E-state index contributed by atoms with van der Waals surface area (Å²) >= 11 is 0. The molecule has 23 heavy (non-hydrogen) atoms. The molecule has 0 bridgehead atoms. The molecule has 2 N–H and O–H groups in total. The molecule has 0 aliphatic carbocycles. The average Bonchev–Trinajstić information content (AvgIpc) is 2.53. The van der Waals surface area contributed by atoms with E-state index in [0.717, 1.165) is 36.8 Å². The van der Waals surface area contributed by atoms with E-state index < -0.39 is 0 Å². The minimum absolute atomic E-state index is 0.152. The second-order valence-electron chi connectivity index (χ2n) is 5.98. The second-order valence-corrected chi connectivity index (χ2v) is 5.98. The third kappa shape index (κ3) is 5.13. The number of aryl methyl sites for hydroxylation is 1. The van der Waals surface area contributed by atoms with Crippen LogP contribution >= 0.6 is 0 Å². The topological polar surface area (TPSA) is 57.5 Å². The van der Waals surface area contributed by atoms with Crippen molar-refractivity contribution in [2.75, 3.05) is 0 Å². The largest absolute Gasteiger partial charge is 0.508 e. The molecule has 0 atom stereocenters. The van der Waals surface area contributed by atoms with E-state index in [1.165, 1.54) is 0 Å². The number of unbranched alkanes of at least 4 members (excludes halogenated alkanes) is 3. The van der Waals surface area contributed by atoms with Crippen LogP contribution in [0.4, 0.5) is 0 Å². The van der Waals surface area contributed by atoms with Crippen LogP contribution in [-0.4, -0.2) is 16.0 Å². The van der Waals surface area contributed by atoms with Crippen molar-refractivity contribution in [3.05, 3.63) is 59.2 Å². The summed E-state index contributed by atoms with van der Waals surface area (Å²) < 4.78 is 0. The van der Waals surface area contributed by atoms with Crippen molar-refractivity contribution in [2.24, 2.45) is 0 Å². The highest BCUT2D eigenvalue weighted by atomic mass is 16.3. The summed E-state index contributed by atoms with van der Waals surface area (Å²) in [5.74, 6) is 0.502. The Bertz CT molecular complexity index is 624.